The van der Waals surface area contributed by atoms with E-state index in [1.54, 1.807) is 0 Å². The Hall–Kier alpha value is -1.41. The molecule has 0 amide bonds. The number of hydrogen-bond acceptors (Lipinski definition) is 5. The highest BCUT2D eigenvalue weighted by molar-refractivity contribution is 6.28. The van der Waals surface area contributed by atoms with Crippen LogP contribution in [0.2, 0.25) is 5.28 Å². The average Bonchev–Trinajstić information content (AvgIpc) is 2.19. The van der Waals surface area contributed by atoms with Gasteiger partial charge >= 0.3 is 0 Å². The maximum atomic E-state index is 8.46. The Kier molecular flexibility index (Phi) is 4.08. The summed E-state index contributed by atoms with van der Waals surface area (Å²) in [7, 11) is 0. The third-order valence-electron chi connectivity index (χ3n) is 1.72. The van der Waals surface area contributed by atoms with Gasteiger partial charge in [0, 0.05) is 13.1 Å². The van der Waals surface area contributed by atoms with E-state index in [-0.39, 0.29) is 5.28 Å². The minimum atomic E-state index is 0.123. The lowest BCUT2D eigenvalue weighted by atomic mass is 10.4. The van der Waals surface area contributed by atoms with Crippen molar-refractivity contribution in [2.24, 2.45) is 0 Å². The highest BCUT2D eigenvalue weighted by Crippen LogP contribution is 2.10. The SMILES string of the molecule is CCN(CCC#N)c1cnnc(Cl)n1. The van der Waals surface area contributed by atoms with Crippen LogP contribution in [0, 0.1) is 11.3 Å². The summed E-state index contributed by atoms with van der Waals surface area (Å²) in [6, 6.07) is 2.08. The molecule has 0 spiro atoms. The molecule has 0 N–H and O–H groups in total. The van der Waals surface area contributed by atoms with Gasteiger partial charge < -0.3 is 4.90 Å². The summed E-state index contributed by atoms with van der Waals surface area (Å²) in [5.41, 5.74) is 0. The van der Waals surface area contributed by atoms with E-state index < -0.39 is 0 Å². The molecule has 0 unspecified atom stereocenters. The van der Waals surface area contributed by atoms with Crippen molar-refractivity contribution in [3.05, 3.63) is 11.5 Å². The largest absolute Gasteiger partial charge is 0.354 e. The molecule has 0 bridgehead atoms. The van der Waals surface area contributed by atoms with Crippen molar-refractivity contribution >= 4 is 17.4 Å². The number of aromatic nitrogens is 3. The molecule has 14 heavy (non-hydrogen) atoms. The van der Waals surface area contributed by atoms with E-state index in [4.69, 9.17) is 16.9 Å². The molecule has 0 radical (unpaired) electrons. The molecule has 0 aliphatic rings. The van der Waals surface area contributed by atoms with E-state index >= 15 is 0 Å². The number of nitriles is 1. The highest BCUT2D eigenvalue weighted by Gasteiger charge is 2.06. The van der Waals surface area contributed by atoms with Crippen LogP contribution in [0.5, 0.6) is 0 Å². The molecule has 5 nitrogen and oxygen atoms in total. The van der Waals surface area contributed by atoms with Crippen molar-refractivity contribution in [3.63, 3.8) is 0 Å². The Labute approximate surface area is 87.3 Å². The molecule has 1 rings (SSSR count). The van der Waals surface area contributed by atoms with Crippen LogP contribution >= 0.6 is 11.6 Å². The van der Waals surface area contributed by atoms with Crippen molar-refractivity contribution in [1.82, 2.24) is 15.2 Å². The predicted octanol–water partition coefficient (Wildman–Crippen LogP) is 1.26. The molecule has 0 aromatic carbocycles. The lowest BCUT2D eigenvalue weighted by molar-refractivity contribution is 0.795. The number of halogens is 1. The number of hydrogen-bond donors (Lipinski definition) is 0. The first kappa shape index (κ1) is 10.7. The minimum Gasteiger partial charge on any atom is -0.354 e. The van der Waals surface area contributed by atoms with Gasteiger partial charge in [0.25, 0.3) is 0 Å². The second kappa shape index (κ2) is 5.35. The average molecular weight is 212 g/mol. The van der Waals surface area contributed by atoms with Gasteiger partial charge in [0.15, 0.2) is 5.82 Å². The van der Waals surface area contributed by atoms with Crippen LogP contribution in [-0.4, -0.2) is 28.3 Å². The normalized spacial score (nSPS) is 9.50. The van der Waals surface area contributed by atoms with E-state index in [9.17, 15) is 0 Å². The molecule has 1 aromatic rings. The zero-order chi connectivity index (χ0) is 10.4. The molecule has 0 saturated carbocycles. The lowest BCUT2D eigenvalue weighted by Gasteiger charge is -2.19. The minimum absolute atomic E-state index is 0.123. The van der Waals surface area contributed by atoms with Crippen molar-refractivity contribution < 1.29 is 0 Å². The highest BCUT2D eigenvalue weighted by atomic mass is 35.5. The molecule has 0 atom stereocenters. The lowest BCUT2D eigenvalue weighted by Crippen LogP contribution is -2.25. The molecular formula is C8H10ClN5. The van der Waals surface area contributed by atoms with Crippen LogP contribution < -0.4 is 4.90 Å². The second-order valence-corrected chi connectivity index (χ2v) is 2.91. The third kappa shape index (κ3) is 2.82. The first-order valence-electron chi connectivity index (χ1n) is 4.25. The number of rotatable bonds is 4. The third-order valence-corrected chi connectivity index (χ3v) is 1.88. The fraction of sp³-hybridized carbons (Fsp3) is 0.500. The molecule has 1 heterocycles. The van der Waals surface area contributed by atoms with E-state index in [0.717, 1.165) is 6.54 Å². The molecule has 0 fully saturated rings. The smallest absolute Gasteiger partial charge is 0.244 e. The van der Waals surface area contributed by atoms with Crippen LogP contribution in [0.1, 0.15) is 13.3 Å². The number of anilines is 1. The molecule has 1 aromatic heterocycles. The van der Waals surface area contributed by atoms with Crippen LogP contribution in [0.3, 0.4) is 0 Å². The fourth-order valence-corrected chi connectivity index (χ4v) is 1.18. The summed E-state index contributed by atoms with van der Waals surface area (Å²) < 4.78 is 0. The van der Waals surface area contributed by atoms with Crippen molar-refractivity contribution in [2.45, 2.75) is 13.3 Å². The Morgan fingerprint density at radius 1 is 1.64 bits per heavy atom. The molecular weight excluding hydrogens is 202 g/mol. The van der Waals surface area contributed by atoms with E-state index in [0.29, 0.717) is 18.8 Å². The van der Waals surface area contributed by atoms with Crippen LogP contribution in [0.15, 0.2) is 6.20 Å². The Morgan fingerprint density at radius 3 is 3.00 bits per heavy atom. The van der Waals surface area contributed by atoms with Crippen molar-refractivity contribution in [1.29, 1.82) is 5.26 Å². The van der Waals surface area contributed by atoms with E-state index in [2.05, 4.69) is 21.3 Å². The van der Waals surface area contributed by atoms with E-state index in [1.807, 2.05) is 11.8 Å². The zero-order valence-corrected chi connectivity index (χ0v) is 8.57. The molecule has 6 heteroatoms. The number of nitrogens with zero attached hydrogens (tertiary/aromatic N) is 5. The van der Waals surface area contributed by atoms with Crippen molar-refractivity contribution in [3.8, 4) is 6.07 Å². The van der Waals surface area contributed by atoms with Gasteiger partial charge in [0.1, 0.15) is 0 Å². The molecule has 0 aliphatic carbocycles. The van der Waals surface area contributed by atoms with Gasteiger partial charge in [-0.3, -0.25) is 0 Å². The van der Waals surface area contributed by atoms with Gasteiger partial charge in [-0.15, -0.1) is 5.10 Å². The van der Waals surface area contributed by atoms with Gasteiger partial charge in [0.2, 0.25) is 5.28 Å². The van der Waals surface area contributed by atoms with Gasteiger partial charge in [-0.1, -0.05) is 0 Å². The second-order valence-electron chi connectivity index (χ2n) is 2.57. The first-order chi connectivity index (χ1) is 6.77. The van der Waals surface area contributed by atoms with Gasteiger partial charge in [-0.2, -0.15) is 15.3 Å². The molecule has 0 saturated heterocycles. The summed E-state index contributed by atoms with van der Waals surface area (Å²) in [6.45, 7) is 3.37. The van der Waals surface area contributed by atoms with Gasteiger partial charge in [-0.25, -0.2) is 0 Å². The standard InChI is InChI=1S/C8H10ClN5/c1-2-14(5-3-4-10)7-6-11-13-8(9)12-7/h6H,2-3,5H2,1H3. The Balaban J connectivity index is 2.74. The summed E-state index contributed by atoms with van der Waals surface area (Å²) in [6.07, 6.45) is 1.99. The predicted molar refractivity (Wildman–Crippen MR) is 53.0 cm³/mol. The van der Waals surface area contributed by atoms with Crippen LogP contribution in [-0.2, 0) is 0 Å². The summed E-state index contributed by atoms with van der Waals surface area (Å²) in [5, 5.41) is 15.8. The van der Waals surface area contributed by atoms with E-state index in [1.165, 1.54) is 6.20 Å². The van der Waals surface area contributed by atoms with Crippen LogP contribution in [0.25, 0.3) is 0 Å². The van der Waals surface area contributed by atoms with Crippen LogP contribution in [0.4, 0.5) is 5.82 Å². The van der Waals surface area contributed by atoms with Gasteiger partial charge in [0.05, 0.1) is 18.7 Å². The fourth-order valence-electron chi connectivity index (χ4n) is 1.05. The first-order valence-corrected chi connectivity index (χ1v) is 4.62. The molecule has 0 aliphatic heterocycles. The summed E-state index contributed by atoms with van der Waals surface area (Å²) in [5.74, 6) is 0.655. The quantitative estimate of drug-likeness (QED) is 0.750. The Morgan fingerprint density at radius 2 is 2.43 bits per heavy atom. The maximum absolute atomic E-state index is 8.46. The monoisotopic (exact) mass is 211 g/mol. The summed E-state index contributed by atoms with van der Waals surface area (Å²) >= 11 is 5.60. The summed E-state index contributed by atoms with van der Waals surface area (Å²) in [4.78, 5) is 5.93. The topological polar surface area (TPSA) is 65.7 Å². The Bertz CT molecular complexity index is 335. The van der Waals surface area contributed by atoms with Gasteiger partial charge in [-0.05, 0) is 18.5 Å². The maximum Gasteiger partial charge on any atom is 0.244 e. The zero-order valence-electron chi connectivity index (χ0n) is 7.81. The molecule has 74 valence electrons. The van der Waals surface area contributed by atoms with Crippen molar-refractivity contribution in [2.75, 3.05) is 18.0 Å².